The van der Waals surface area contributed by atoms with E-state index >= 15 is 0 Å². The van der Waals surface area contributed by atoms with E-state index in [1.54, 1.807) is 0 Å². The second-order valence-corrected chi connectivity index (χ2v) is 6.35. The third-order valence-corrected chi connectivity index (χ3v) is 4.17. The lowest BCUT2D eigenvalue weighted by molar-refractivity contribution is -0.142. The van der Waals surface area contributed by atoms with Gasteiger partial charge >= 0.3 is 5.97 Å². The topological polar surface area (TPSA) is 49.3 Å². The Kier molecular flexibility index (Phi) is 5.18. The Morgan fingerprint density at radius 1 is 1.30 bits per heavy atom. The lowest BCUT2D eigenvalue weighted by Crippen LogP contribution is -2.43. The summed E-state index contributed by atoms with van der Waals surface area (Å²) < 4.78 is 0. The first-order valence-electron chi connectivity index (χ1n) is 7.57. The molecule has 110 valence electrons. The van der Waals surface area contributed by atoms with Crippen molar-refractivity contribution in [3.8, 4) is 0 Å². The molecule has 1 saturated carbocycles. The first-order chi connectivity index (χ1) is 9.56. The summed E-state index contributed by atoms with van der Waals surface area (Å²) in [5.74, 6) is 0.134. The van der Waals surface area contributed by atoms with Gasteiger partial charge in [0.25, 0.3) is 0 Å². The second kappa shape index (κ2) is 6.89. The Bertz CT molecular complexity index is 424. The molecule has 2 N–H and O–H groups in total. The highest BCUT2D eigenvalue weighted by atomic mass is 16.4. The van der Waals surface area contributed by atoms with Crippen molar-refractivity contribution in [2.45, 2.75) is 45.1 Å². The van der Waals surface area contributed by atoms with Gasteiger partial charge in [0.1, 0.15) is 0 Å². The van der Waals surface area contributed by atoms with Gasteiger partial charge in [0.05, 0.1) is 5.92 Å². The molecule has 1 aliphatic rings. The SMILES string of the molecule is CC(C)CC(CNC1CC(c2ccccc2)C1)C(=O)O. The molecule has 3 heteroatoms. The molecule has 2 rings (SSSR count). The Morgan fingerprint density at radius 2 is 1.95 bits per heavy atom. The van der Waals surface area contributed by atoms with Crippen molar-refractivity contribution in [2.24, 2.45) is 11.8 Å². The maximum atomic E-state index is 11.2. The van der Waals surface area contributed by atoms with Crippen LogP contribution in [0.25, 0.3) is 0 Å². The zero-order valence-electron chi connectivity index (χ0n) is 12.4. The molecule has 0 radical (unpaired) electrons. The summed E-state index contributed by atoms with van der Waals surface area (Å²) in [6, 6.07) is 11.0. The minimum absolute atomic E-state index is 0.259. The quantitative estimate of drug-likeness (QED) is 0.803. The van der Waals surface area contributed by atoms with Crippen molar-refractivity contribution in [3.05, 3.63) is 35.9 Å². The average Bonchev–Trinajstić information content (AvgIpc) is 2.36. The van der Waals surface area contributed by atoms with Gasteiger partial charge in [0, 0.05) is 12.6 Å². The molecule has 1 unspecified atom stereocenters. The fourth-order valence-electron chi connectivity index (χ4n) is 2.93. The molecule has 1 aromatic rings. The van der Waals surface area contributed by atoms with Crippen LogP contribution in [0.15, 0.2) is 30.3 Å². The molecule has 20 heavy (non-hydrogen) atoms. The molecule has 0 heterocycles. The molecule has 0 saturated heterocycles. The van der Waals surface area contributed by atoms with Crippen LogP contribution < -0.4 is 5.32 Å². The van der Waals surface area contributed by atoms with Crippen molar-refractivity contribution in [1.29, 1.82) is 0 Å². The summed E-state index contributed by atoms with van der Waals surface area (Å²) in [5.41, 5.74) is 1.41. The van der Waals surface area contributed by atoms with Gasteiger partial charge in [-0.3, -0.25) is 4.79 Å². The Labute approximate surface area is 121 Å². The van der Waals surface area contributed by atoms with E-state index in [9.17, 15) is 9.90 Å². The Balaban J connectivity index is 1.73. The lowest BCUT2D eigenvalue weighted by Gasteiger charge is -2.37. The smallest absolute Gasteiger partial charge is 0.307 e. The number of benzene rings is 1. The first kappa shape index (κ1) is 15.0. The van der Waals surface area contributed by atoms with E-state index in [0.29, 0.717) is 24.4 Å². The van der Waals surface area contributed by atoms with E-state index in [2.05, 4.69) is 43.4 Å². The first-order valence-corrected chi connectivity index (χ1v) is 7.57. The minimum Gasteiger partial charge on any atom is -0.481 e. The largest absolute Gasteiger partial charge is 0.481 e. The summed E-state index contributed by atoms with van der Waals surface area (Å²) in [4.78, 5) is 11.2. The molecule has 0 amide bonds. The molecule has 1 aromatic carbocycles. The highest BCUT2D eigenvalue weighted by Crippen LogP contribution is 2.36. The summed E-state index contributed by atoms with van der Waals surface area (Å²) >= 11 is 0. The predicted molar refractivity (Wildman–Crippen MR) is 80.8 cm³/mol. The summed E-state index contributed by atoms with van der Waals surface area (Å²) in [7, 11) is 0. The molecular formula is C17H25NO2. The molecule has 1 atom stereocenters. The third kappa shape index (κ3) is 4.07. The molecule has 0 spiro atoms. The lowest BCUT2D eigenvalue weighted by atomic mass is 9.75. The zero-order valence-corrected chi connectivity index (χ0v) is 12.4. The standard InChI is InChI=1S/C17H25NO2/c1-12(2)8-15(17(19)20)11-18-16-9-14(10-16)13-6-4-3-5-7-13/h3-7,12,14-16,18H,8-11H2,1-2H3,(H,19,20). The van der Waals surface area contributed by atoms with Crippen LogP contribution in [-0.2, 0) is 4.79 Å². The van der Waals surface area contributed by atoms with Crippen LogP contribution in [0.5, 0.6) is 0 Å². The number of carboxylic acids is 1. The number of carboxylic acid groups (broad SMARTS) is 1. The molecule has 1 aliphatic carbocycles. The van der Waals surface area contributed by atoms with Crippen molar-refractivity contribution in [2.75, 3.05) is 6.54 Å². The monoisotopic (exact) mass is 275 g/mol. The minimum atomic E-state index is -0.676. The highest BCUT2D eigenvalue weighted by Gasteiger charge is 2.31. The predicted octanol–water partition coefficient (Wildman–Crippen LogP) is 3.27. The molecule has 0 bridgehead atoms. The molecule has 3 nitrogen and oxygen atoms in total. The van der Waals surface area contributed by atoms with Gasteiger partial charge in [0.15, 0.2) is 0 Å². The molecule has 0 aliphatic heterocycles. The molecular weight excluding hydrogens is 250 g/mol. The van der Waals surface area contributed by atoms with Gasteiger partial charge in [-0.25, -0.2) is 0 Å². The third-order valence-electron chi connectivity index (χ3n) is 4.17. The Morgan fingerprint density at radius 3 is 2.50 bits per heavy atom. The van der Waals surface area contributed by atoms with Crippen LogP contribution in [-0.4, -0.2) is 23.7 Å². The van der Waals surface area contributed by atoms with Gasteiger partial charge in [-0.1, -0.05) is 44.2 Å². The van der Waals surface area contributed by atoms with E-state index in [1.807, 2.05) is 6.07 Å². The van der Waals surface area contributed by atoms with E-state index < -0.39 is 5.97 Å². The van der Waals surface area contributed by atoms with E-state index in [-0.39, 0.29) is 5.92 Å². The van der Waals surface area contributed by atoms with Crippen LogP contribution in [0.2, 0.25) is 0 Å². The molecule has 0 aromatic heterocycles. The van der Waals surface area contributed by atoms with Gasteiger partial charge in [0.2, 0.25) is 0 Å². The fraction of sp³-hybridized carbons (Fsp3) is 0.588. The van der Waals surface area contributed by atoms with Gasteiger partial charge in [-0.05, 0) is 36.7 Å². The van der Waals surface area contributed by atoms with Crippen molar-refractivity contribution >= 4 is 5.97 Å². The van der Waals surface area contributed by atoms with Gasteiger partial charge in [-0.2, -0.15) is 0 Å². The Hall–Kier alpha value is -1.35. The number of hydrogen-bond acceptors (Lipinski definition) is 2. The number of aliphatic carboxylic acids is 1. The van der Waals surface area contributed by atoms with Crippen LogP contribution in [0.4, 0.5) is 0 Å². The van der Waals surface area contributed by atoms with Gasteiger partial charge in [-0.15, -0.1) is 0 Å². The van der Waals surface area contributed by atoms with Crippen molar-refractivity contribution < 1.29 is 9.90 Å². The average molecular weight is 275 g/mol. The fourth-order valence-corrected chi connectivity index (χ4v) is 2.93. The number of rotatable bonds is 7. The van der Waals surface area contributed by atoms with Crippen molar-refractivity contribution in [3.63, 3.8) is 0 Å². The van der Waals surface area contributed by atoms with Gasteiger partial charge < -0.3 is 10.4 Å². The number of nitrogens with one attached hydrogen (secondary N) is 1. The highest BCUT2D eigenvalue weighted by molar-refractivity contribution is 5.70. The van der Waals surface area contributed by atoms with Crippen LogP contribution >= 0.6 is 0 Å². The summed E-state index contributed by atoms with van der Waals surface area (Å²) in [5, 5.41) is 12.6. The number of hydrogen-bond donors (Lipinski definition) is 2. The normalized spacial score (nSPS) is 23.4. The van der Waals surface area contributed by atoms with E-state index in [0.717, 1.165) is 19.3 Å². The van der Waals surface area contributed by atoms with E-state index in [4.69, 9.17) is 0 Å². The van der Waals surface area contributed by atoms with Crippen LogP contribution in [0, 0.1) is 11.8 Å². The van der Waals surface area contributed by atoms with Crippen LogP contribution in [0.1, 0.15) is 44.6 Å². The second-order valence-electron chi connectivity index (χ2n) is 6.35. The maximum Gasteiger partial charge on any atom is 0.307 e. The van der Waals surface area contributed by atoms with Crippen LogP contribution in [0.3, 0.4) is 0 Å². The maximum absolute atomic E-state index is 11.2. The summed E-state index contributed by atoms with van der Waals surface area (Å²) in [6.07, 6.45) is 2.99. The number of carbonyl (C=O) groups is 1. The zero-order chi connectivity index (χ0) is 14.5. The van der Waals surface area contributed by atoms with Crippen molar-refractivity contribution in [1.82, 2.24) is 5.32 Å². The molecule has 1 fully saturated rings. The van der Waals surface area contributed by atoms with E-state index in [1.165, 1.54) is 5.56 Å². The summed E-state index contributed by atoms with van der Waals surface area (Å²) in [6.45, 7) is 4.75.